The van der Waals surface area contributed by atoms with Crippen LogP contribution in [0, 0.1) is 0 Å². The van der Waals surface area contributed by atoms with Crippen molar-refractivity contribution >= 4 is 0 Å². The Bertz CT molecular complexity index is 381. The van der Waals surface area contributed by atoms with E-state index in [0.717, 1.165) is 25.9 Å². The molecule has 0 spiro atoms. The van der Waals surface area contributed by atoms with E-state index in [9.17, 15) is 4.79 Å². The molecule has 1 atom stereocenters. The lowest BCUT2D eigenvalue weighted by molar-refractivity contribution is 0.366. The van der Waals surface area contributed by atoms with Crippen molar-refractivity contribution in [3.63, 3.8) is 0 Å². The molecule has 1 aromatic heterocycles. The smallest absolute Gasteiger partial charge is 0.277 e. The summed E-state index contributed by atoms with van der Waals surface area (Å²) in [5.41, 5.74) is 5.86. The summed E-state index contributed by atoms with van der Waals surface area (Å²) in [5.74, 6) is 0. The van der Waals surface area contributed by atoms with Gasteiger partial charge in [0.25, 0.3) is 5.56 Å². The average Bonchev–Trinajstić information content (AvgIpc) is 2.31. The van der Waals surface area contributed by atoms with Crippen LogP contribution in [0.4, 0.5) is 0 Å². The van der Waals surface area contributed by atoms with E-state index in [4.69, 9.17) is 5.73 Å². The SMILES string of the molecule is NCc1cn(C2CCCNC2)cnc1=O. The predicted octanol–water partition coefficient (Wildman–Crippen LogP) is -0.374. The first-order valence-electron chi connectivity index (χ1n) is 5.28. The zero-order chi connectivity index (χ0) is 10.7. The number of nitrogens with zero attached hydrogens (tertiary/aromatic N) is 2. The summed E-state index contributed by atoms with van der Waals surface area (Å²) >= 11 is 0. The molecular formula is C10H16N4O. The minimum absolute atomic E-state index is 0.211. The zero-order valence-corrected chi connectivity index (χ0v) is 8.65. The summed E-state index contributed by atoms with van der Waals surface area (Å²) in [4.78, 5) is 15.1. The molecule has 82 valence electrons. The molecule has 0 radical (unpaired) electrons. The van der Waals surface area contributed by atoms with Gasteiger partial charge in [0.2, 0.25) is 0 Å². The Morgan fingerprint density at radius 1 is 1.67 bits per heavy atom. The van der Waals surface area contributed by atoms with Gasteiger partial charge in [-0.2, -0.15) is 4.98 Å². The quantitative estimate of drug-likeness (QED) is 0.695. The first kappa shape index (κ1) is 10.3. The fraction of sp³-hybridized carbons (Fsp3) is 0.600. The van der Waals surface area contributed by atoms with Gasteiger partial charge < -0.3 is 15.6 Å². The van der Waals surface area contributed by atoms with E-state index in [-0.39, 0.29) is 12.1 Å². The molecule has 2 heterocycles. The largest absolute Gasteiger partial charge is 0.334 e. The standard InChI is InChI=1S/C10H16N4O/c11-4-8-6-14(7-13-10(8)15)9-2-1-3-12-5-9/h6-7,9,12H,1-5,11H2. The molecule has 0 saturated carbocycles. The number of rotatable bonds is 2. The number of nitrogens with one attached hydrogen (secondary N) is 1. The number of hydrogen-bond donors (Lipinski definition) is 2. The summed E-state index contributed by atoms with van der Waals surface area (Å²) < 4.78 is 2.00. The van der Waals surface area contributed by atoms with Gasteiger partial charge in [0.15, 0.2) is 0 Å². The number of hydrogen-bond acceptors (Lipinski definition) is 4. The van der Waals surface area contributed by atoms with Crippen molar-refractivity contribution in [1.82, 2.24) is 14.9 Å². The molecule has 5 nitrogen and oxygen atoms in total. The highest BCUT2D eigenvalue weighted by atomic mass is 16.1. The number of nitrogens with two attached hydrogens (primary N) is 1. The van der Waals surface area contributed by atoms with Crippen molar-refractivity contribution in [2.75, 3.05) is 13.1 Å². The first-order valence-corrected chi connectivity index (χ1v) is 5.28. The Morgan fingerprint density at radius 2 is 2.53 bits per heavy atom. The average molecular weight is 208 g/mol. The number of piperidine rings is 1. The van der Waals surface area contributed by atoms with Crippen molar-refractivity contribution in [3.05, 3.63) is 28.4 Å². The molecule has 3 N–H and O–H groups in total. The molecule has 1 fully saturated rings. The van der Waals surface area contributed by atoms with Crippen molar-refractivity contribution in [1.29, 1.82) is 0 Å². The maximum absolute atomic E-state index is 11.3. The normalized spacial score (nSPS) is 21.5. The van der Waals surface area contributed by atoms with Gasteiger partial charge in [-0.25, -0.2) is 0 Å². The molecule has 1 aliphatic heterocycles. The second-order valence-electron chi connectivity index (χ2n) is 3.86. The maximum Gasteiger partial charge on any atom is 0.277 e. The molecule has 2 rings (SSSR count). The van der Waals surface area contributed by atoms with E-state index >= 15 is 0 Å². The first-order chi connectivity index (χ1) is 7.31. The fourth-order valence-corrected chi connectivity index (χ4v) is 1.90. The Balaban J connectivity index is 2.23. The van der Waals surface area contributed by atoms with Crippen LogP contribution in [0.1, 0.15) is 24.4 Å². The van der Waals surface area contributed by atoms with E-state index in [1.54, 1.807) is 6.33 Å². The summed E-state index contributed by atoms with van der Waals surface area (Å²) in [6.07, 6.45) is 5.72. The van der Waals surface area contributed by atoms with Gasteiger partial charge in [-0.05, 0) is 19.4 Å². The van der Waals surface area contributed by atoms with Gasteiger partial charge in [0.1, 0.15) is 0 Å². The third-order valence-electron chi connectivity index (χ3n) is 2.80. The lowest BCUT2D eigenvalue weighted by Crippen LogP contribution is -2.32. The molecular weight excluding hydrogens is 192 g/mol. The molecule has 0 aliphatic carbocycles. The van der Waals surface area contributed by atoms with E-state index in [0.29, 0.717) is 11.6 Å². The van der Waals surface area contributed by atoms with Crippen LogP contribution in [-0.4, -0.2) is 22.6 Å². The second-order valence-corrected chi connectivity index (χ2v) is 3.86. The topological polar surface area (TPSA) is 72.9 Å². The van der Waals surface area contributed by atoms with E-state index < -0.39 is 0 Å². The van der Waals surface area contributed by atoms with Crippen molar-refractivity contribution < 1.29 is 0 Å². The van der Waals surface area contributed by atoms with E-state index in [2.05, 4.69) is 10.3 Å². The Labute approximate surface area is 88.3 Å². The van der Waals surface area contributed by atoms with Crippen LogP contribution >= 0.6 is 0 Å². The summed E-state index contributed by atoms with van der Waals surface area (Å²) in [5, 5.41) is 3.33. The van der Waals surface area contributed by atoms with Crippen LogP contribution in [0.2, 0.25) is 0 Å². The van der Waals surface area contributed by atoms with Crippen LogP contribution in [0.15, 0.2) is 17.3 Å². The van der Waals surface area contributed by atoms with Crippen molar-refractivity contribution in [2.24, 2.45) is 5.73 Å². The summed E-state index contributed by atoms with van der Waals surface area (Å²) in [6, 6.07) is 0.400. The molecule has 1 saturated heterocycles. The van der Waals surface area contributed by atoms with Crippen LogP contribution < -0.4 is 16.6 Å². The Kier molecular flexibility index (Phi) is 3.13. The van der Waals surface area contributed by atoms with Gasteiger partial charge in [-0.15, -0.1) is 0 Å². The van der Waals surface area contributed by atoms with Gasteiger partial charge in [0, 0.05) is 30.9 Å². The third-order valence-corrected chi connectivity index (χ3v) is 2.80. The highest BCUT2D eigenvalue weighted by Gasteiger charge is 2.14. The summed E-state index contributed by atoms with van der Waals surface area (Å²) in [6.45, 7) is 2.27. The highest BCUT2D eigenvalue weighted by Crippen LogP contribution is 2.15. The molecule has 0 amide bonds. The minimum Gasteiger partial charge on any atom is -0.334 e. The molecule has 1 aliphatic rings. The van der Waals surface area contributed by atoms with Gasteiger partial charge in [-0.3, -0.25) is 4.79 Å². The second kappa shape index (κ2) is 4.55. The van der Waals surface area contributed by atoms with Crippen molar-refractivity contribution in [2.45, 2.75) is 25.4 Å². The molecule has 15 heavy (non-hydrogen) atoms. The van der Waals surface area contributed by atoms with Crippen LogP contribution in [-0.2, 0) is 6.54 Å². The minimum atomic E-state index is -0.211. The molecule has 0 bridgehead atoms. The molecule has 5 heteroatoms. The van der Waals surface area contributed by atoms with Gasteiger partial charge in [0.05, 0.1) is 6.33 Å². The van der Waals surface area contributed by atoms with Crippen LogP contribution in [0.25, 0.3) is 0 Å². The van der Waals surface area contributed by atoms with Crippen LogP contribution in [0.3, 0.4) is 0 Å². The fourth-order valence-electron chi connectivity index (χ4n) is 1.90. The maximum atomic E-state index is 11.3. The highest BCUT2D eigenvalue weighted by molar-refractivity contribution is 5.04. The van der Waals surface area contributed by atoms with E-state index in [1.807, 2.05) is 10.8 Å². The van der Waals surface area contributed by atoms with E-state index in [1.165, 1.54) is 0 Å². The number of aromatic nitrogens is 2. The Morgan fingerprint density at radius 3 is 3.20 bits per heavy atom. The molecule has 1 aromatic rings. The van der Waals surface area contributed by atoms with Gasteiger partial charge in [-0.1, -0.05) is 0 Å². The lowest BCUT2D eigenvalue weighted by atomic mass is 10.1. The van der Waals surface area contributed by atoms with Crippen LogP contribution in [0.5, 0.6) is 0 Å². The molecule has 1 unspecified atom stereocenters. The predicted molar refractivity (Wildman–Crippen MR) is 57.5 cm³/mol. The third kappa shape index (κ3) is 2.24. The molecule has 0 aromatic carbocycles. The monoisotopic (exact) mass is 208 g/mol. The zero-order valence-electron chi connectivity index (χ0n) is 8.65. The van der Waals surface area contributed by atoms with Crippen molar-refractivity contribution in [3.8, 4) is 0 Å². The Hall–Kier alpha value is -1.20. The lowest BCUT2D eigenvalue weighted by Gasteiger charge is -2.25. The van der Waals surface area contributed by atoms with Gasteiger partial charge >= 0.3 is 0 Å². The summed E-state index contributed by atoms with van der Waals surface area (Å²) in [7, 11) is 0.